The molecule has 5 nitrogen and oxygen atoms in total. The van der Waals surface area contributed by atoms with Crippen molar-refractivity contribution in [2.75, 3.05) is 13.1 Å². The van der Waals surface area contributed by atoms with Gasteiger partial charge in [-0.1, -0.05) is 11.6 Å². The highest BCUT2D eigenvalue weighted by atomic mass is 16.4. The van der Waals surface area contributed by atoms with E-state index in [1.165, 1.54) is 10.9 Å². The van der Waals surface area contributed by atoms with E-state index in [1.54, 1.807) is 4.90 Å². The van der Waals surface area contributed by atoms with Crippen molar-refractivity contribution in [1.82, 2.24) is 9.88 Å². The zero-order chi connectivity index (χ0) is 17.6. The van der Waals surface area contributed by atoms with Crippen LogP contribution >= 0.6 is 0 Å². The lowest BCUT2D eigenvalue weighted by atomic mass is 9.92. The molecule has 1 amide bonds. The molecule has 2 N–H and O–H groups in total. The summed E-state index contributed by atoms with van der Waals surface area (Å²) in [4.78, 5) is 29.2. The molecule has 1 aromatic carbocycles. The minimum atomic E-state index is -0.751. The van der Waals surface area contributed by atoms with Gasteiger partial charge in [0.05, 0.1) is 5.92 Å². The van der Waals surface area contributed by atoms with Gasteiger partial charge < -0.3 is 15.0 Å². The number of carbonyl (C=O) groups excluding carboxylic acids is 1. The van der Waals surface area contributed by atoms with Crippen LogP contribution in [0.25, 0.3) is 10.9 Å². The van der Waals surface area contributed by atoms with Gasteiger partial charge in [-0.05, 0) is 55.7 Å². The van der Waals surface area contributed by atoms with E-state index in [-0.39, 0.29) is 17.7 Å². The Kier molecular flexibility index (Phi) is 4.02. The lowest BCUT2D eigenvalue weighted by Gasteiger charge is -2.16. The molecule has 0 bridgehead atoms. The van der Waals surface area contributed by atoms with E-state index in [0.29, 0.717) is 31.8 Å². The number of likely N-dealkylation sites (tertiary alicyclic amines) is 1. The molecule has 2 aromatic rings. The minimum Gasteiger partial charge on any atom is -0.481 e. The number of H-pyrrole nitrogens is 1. The summed E-state index contributed by atoms with van der Waals surface area (Å²) in [5, 5.41) is 10.6. The first-order chi connectivity index (χ1) is 12.0. The monoisotopic (exact) mass is 340 g/mol. The molecule has 5 heteroatoms. The van der Waals surface area contributed by atoms with Crippen molar-refractivity contribution in [3.05, 3.63) is 35.5 Å². The number of hydrogen-bond acceptors (Lipinski definition) is 2. The third-order valence-corrected chi connectivity index (χ3v) is 5.79. The van der Waals surface area contributed by atoms with Gasteiger partial charge >= 0.3 is 5.97 Å². The number of aromatic amines is 1. The maximum atomic E-state index is 12.6. The summed E-state index contributed by atoms with van der Waals surface area (Å²) in [5.74, 6) is -0.393. The van der Waals surface area contributed by atoms with Crippen molar-refractivity contribution >= 4 is 22.8 Å². The highest BCUT2D eigenvalue weighted by Gasteiger charge is 2.46. The average molecular weight is 340 g/mol. The van der Waals surface area contributed by atoms with Crippen LogP contribution in [0.1, 0.15) is 30.4 Å². The van der Waals surface area contributed by atoms with Crippen molar-refractivity contribution in [2.24, 2.45) is 17.8 Å². The molecule has 0 spiro atoms. The Hall–Kier alpha value is -2.30. The topological polar surface area (TPSA) is 73.4 Å². The average Bonchev–Trinajstić information content (AvgIpc) is 3.20. The number of rotatable bonds is 5. The summed E-state index contributed by atoms with van der Waals surface area (Å²) in [6.07, 6.45) is 5.33. The highest BCUT2D eigenvalue weighted by molar-refractivity contribution is 5.85. The normalized spacial score (nSPS) is 23.3. The third kappa shape index (κ3) is 3.15. The number of carbonyl (C=O) groups is 2. The zero-order valence-corrected chi connectivity index (χ0v) is 14.5. The lowest BCUT2D eigenvalue weighted by molar-refractivity contribution is -0.142. The summed E-state index contributed by atoms with van der Waals surface area (Å²) in [6.45, 7) is 3.06. The number of fused-ring (bicyclic) bond motifs is 1. The lowest BCUT2D eigenvalue weighted by Crippen LogP contribution is -2.30. The number of aryl methyl sites for hydroxylation is 2. The van der Waals surface area contributed by atoms with Crippen LogP contribution in [0.3, 0.4) is 0 Å². The molecule has 0 unspecified atom stereocenters. The van der Waals surface area contributed by atoms with Crippen molar-refractivity contribution < 1.29 is 14.7 Å². The fraction of sp³-hybridized carbons (Fsp3) is 0.500. The van der Waals surface area contributed by atoms with Crippen LogP contribution in [-0.2, 0) is 16.0 Å². The van der Waals surface area contributed by atoms with Gasteiger partial charge in [-0.3, -0.25) is 9.59 Å². The van der Waals surface area contributed by atoms with Crippen molar-refractivity contribution in [3.8, 4) is 0 Å². The van der Waals surface area contributed by atoms with E-state index in [2.05, 4.69) is 30.1 Å². The minimum absolute atomic E-state index is 0.0800. The molecule has 2 atom stereocenters. The number of aliphatic carboxylic acids is 1. The summed E-state index contributed by atoms with van der Waals surface area (Å²) in [5.41, 5.74) is 3.45. The standard InChI is InChI=1S/C20H24N2O3/c1-12-2-6-18-15(8-12)14(9-21-18)5-7-19(23)22-10-16(13-3-4-13)17(11-22)20(24)25/h2,6,8-9,13,16-17,21H,3-5,7,10-11H2,1H3,(H,24,25)/t16-,17+/m1/s1. The van der Waals surface area contributed by atoms with E-state index < -0.39 is 5.97 Å². The molecule has 2 heterocycles. The first-order valence-corrected chi connectivity index (χ1v) is 9.10. The number of nitrogens with zero attached hydrogens (tertiary/aromatic N) is 1. The van der Waals surface area contributed by atoms with Crippen LogP contribution in [0.4, 0.5) is 0 Å². The van der Waals surface area contributed by atoms with Gasteiger partial charge in [-0.25, -0.2) is 0 Å². The molecule has 1 aromatic heterocycles. The first kappa shape index (κ1) is 16.2. The van der Waals surface area contributed by atoms with E-state index in [0.717, 1.165) is 23.9 Å². The molecule has 2 fully saturated rings. The number of carboxylic acid groups (broad SMARTS) is 1. The molecule has 1 aliphatic heterocycles. The Morgan fingerprint density at radius 3 is 2.80 bits per heavy atom. The van der Waals surface area contributed by atoms with Gasteiger partial charge in [-0.15, -0.1) is 0 Å². The van der Waals surface area contributed by atoms with Crippen LogP contribution in [0.2, 0.25) is 0 Å². The Balaban J connectivity index is 1.42. The van der Waals surface area contributed by atoms with Gasteiger partial charge in [0.25, 0.3) is 0 Å². The van der Waals surface area contributed by atoms with Crippen LogP contribution < -0.4 is 0 Å². The van der Waals surface area contributed by atoms with Crippen molar-refractivity contribution in [2.45, 2.75) is 32.6 Å². The van der Waals surface area contributed by atoms with Gasteiger partial charge in [0.2, 0.25) is 5.91 Å². The Morgan fingerprint density at radius 1 is 1.28 bits per heavy atom. The molecular weight excluding hydrogens is 316 g/mol. The molecule has 4 rings (SSSR count). The third-order valence-electron chi connectivity index (χ3n) is 5.79. The predicted molar refractivity (Wildman–Crippen MR) is 95.3 cm³/mol. The number of carboxylic acids is 1. The van der Waals surface area contributed by atoms with E-state index >= 15 is 0 Å². The molecule has 132 valence electrons. The van der Waals surface area contributed by atoms with Gasteiger partial charge in [0, 0.05) is 36.6 Å². The second kappa shape index (κ2) is 6.21. The van der Waals surface area contributed by atoms with Crippen LogP contribution in [0, 0.1) is 24.7 Å². The first-order valence-electron chi connectivity index (χ1n) is 9.10. The molecule has 0 radical (unpaired) electrons. The van der Waals surface area contributed by atoms with E-state index in [1.807, 2.05) is 6.20 Å². The second-order valence-corrected chi connectivity index (χ2v) is 7.61. The summed E-state index contributed by atoms with van der Waals surface area (Å²) >= 11 is 0. The number of nitrogens with one attached hydrogen (secondary N) is 1. The Labute approximate surface area is 147 Å². The van der Waals surface area contributed by atoms with Crippen LogP contribution in [0.15, 0.2) is 24.4 Å². The SMILES string of the molecule is Cc1ccc2[nH]cc(CCC(=O)N3C[C@H](C(=O)O)[C@@H](C4CC4)C3)c2c1. The largest absolute Gasteiger partial charge is 0.481 e. The fourth-order valence-corrected chi connectivity index (χ4v) is 4.19. The fourth-order valence-electron chi connectivity index (χ4n) is 4.19. The van der Waals surface area contributed by atoms with Gasteiger partial charge in [0.15, 0.2) is 0 Å². The van der Waals surface area contributed by atoms with Crippen molar-refractivity contribution in [3.63, 3.8) is 0 Å². The molecule has 1 saturated heterocycles. The second-order valence-electron chi connectivity index (χ2n) is 7.61. The molecule has 25 heavy (non-hydrogen) atoms. The number of amides is 1. The van der Waals surface area contributed by atoms with Gasteiger partial charge in [0.1, 0.15) is 0 Å². The number of hydrogen-bond donors (Lipinski definition) is 2. The Morgan fingerprint density at radius 2 is 2.08 bits per heavy atom. The molecule has 1 saturated carbocycles. The van der Waals surface area contributed by atoms with E-state index in [9.17, 15) is 14.7 Å². The maximum Gasteiger partial charge on any atom is 0.308 e. The van der Waals surface area contributed by atoms with Gasteiger partial charge in [-0.2, -0.15) is 0 Å². The number of aromatic nitrogens is 1. The predicted octanol–water partition coefficient (Wildman–Crippen LogP) is 2.98. The summed E-state index contributed by atoms with van der Waals surface area (Å²) < 4.78 is 0. The van der Waals surface area contributed by atoms with Crippen LogP contribution in [0.5, 0.6) is 0 Å². The summed E-state index contributed by atoms with van der Waals surface area (Å²) in [7, 11) is 0. The highest BCUT2D eigenvalue weighted by Crippen LogP contribution is 2.44. The quantitative estimate of drug-likeness (QED) is 0.879. The molecule has 1 aliphatic carbocycles. The van der Waals surface area contributed by atoms with Crippen molar-refractivity contribution in [1.29, 1.82) is 0 Å². The van der Waals surface area contributed by atoms with Crippen LogP contribution in [-0.4, -0.2) is 40.0 Å². The number of benzene rings is 1. The van der Waals surface area contributed by atoms with E-state index in [4.69, 9.17) is 0 Å². The smallest absolute Gasteiger partial charge is 0.308 e. The Bertz CT molecular complexity index is 821. The zero-order valence-electron chi connectivity index (χ0n) is 14.5. The maximum absolute atomic E-state index is 12.6. The molecular formula is C20H24N2O3. The molecule has 2 aliphatic rings. The summed E-state index contributed by atoms with van der Waals surface area (Å²) in [6, 6.07) is 6.28.